The molecule has 116 valence electrons. The summed E-state index contributed by atoms with van der Waals surface area (Å²) in [5, 5.41) is 2.84. The highest BCUT2D eigenvalue weighted by molar-refractivity contribution is 5.96. The molecule has 1 rings (SSSR count). The first-order valence-corrected chi connectivity index (χ1v) is 7.69. The van der Waals surface area contributed by atoms with Crippen LogP contribution in [0.2, 0.25) is 0 Å². The standard InChI is InChI=1S/C15H28N2O3/c1-5-7-12-15(19)17(8-9-20-10-11(3)4)13(6-2)14(18)16-12/h11-13H,5-10H2,1-4H3,(H,16,18). The molecule has 0 radical (unpaired) electrons. The quantitative estimate of drug-likeness (QED) is 0.688. The van der Waals surface area contributed by atoms with Gasteiger partial charge in [-0.2, -0.15) is 0 Å². The summed E-state index contributed by atoms with van der Waals surface area (Å²) in [6.07, 6.45) is 2.22. The van der Waals surface area contributed by atoms with E-state index in [9.17, 15) is 9.59 Å². The molecule has 5 heteroatoms. The number of carbonyl (C=O) groups excluding carboxylic acids is 2. The summed E-state index contributed by atoms with van der Waals surface area (Å²) in [4.78, 5) is 26.2. The van der Waals surface area contributed by atoms with E-state index in [2.05, 4.69) is 19.2 Å². The van der Waals surface area contributed by atoms with Crippen LogP contribution in [-0.4, -0.2) is 48.6 Å². The van der Waals surface area contributed by atoms with E-state index in [1.807, 2.05) is 13.8 Å². The van der Waals surface area contributed by atoms with Crippen LogP contribution in [-0.2, 0) is 14.3 Å². The summed E-state index contributed by atoms with van der Waals surface area (Å²) in [6, 6.07) is -0.710. The van der Waals surface area contributed by atoms with Crippen LogP contribution < -0.4 is 5.32 Å². The molecular formula is C15H28N2O3. The Kier molecular flexibility index (Phi) is 6.99. The number of ether oxygens (including phenoxy) is 1. The van der Waals surface area contributed by atoms with Crippen LogP contribution in [0.25, 0.3) is 0 Å². The van der Waals surface area contributed by atoms with Crippen molar-refractivity contribution in [1.29, 1.82) is 0 Å². The first-order chi connectivity index (χ1) is 9.51. The highest BCUT2D eigenvalue weighted by Crippen LogP contribution is 2.15. The second-order valence-electron chi connectivity index (χ2n) is 5.77. The zero-order valence-electron chi connectivity index (χ0n) is 13.1. The Morgan fingerprint density at radius 2 is 2.00 bits per heavy atom. The van der Waals surface area contributed by atoms with Crippen molar-refractivity contribution in [1.82, 2.24) is 10.2 Å². The minimum atomic E-state index is -0.361. The third-order valence-corrected chi connectivity index (χ3v) is 3.47. The second kappa shape index (κ2) is 8.25. The van der Waals surface area contributed by atoms with Gasteiger partial charge < -0.3 is 15.0 Å². The van der Waals surface area contributed by atoms with Crippen LogP contribution in [0, 0.1) is 5.92 Å². The summed E-state index contributed by atoms with van der Waals surface area (Å²) >= 11 is 0. The highest BCUT2D eigenvalue weighted by Gasteiger charge is 2.38. The van der Waals surface area contributed by atoms with E-state index in [1.165, 1.54) is 0 Å². The number of carbonyl (C=O) groups is 2. The molecule has 0 aromatic carbocycles. The van der Waals surface area contributed by atoms with Crippen molar-refractivity contribution >= 4 is 11.8 Å². The fraction of sp³-hybridized carbons (Fsp3) is 0.867. The smallest absolute Gasteiger partial charge is 0.245 e. The molecule has 2 unspecified atom stereocenters. The van der Waals surface area contributed by atoms with Gasteiger partial charge in [0.1, 0.15) is 12.1 Å². The number of hydrogen-bond acceptors (Lipinski definition) is 3. The van der Waals surface area contributed by atoms with E-state index < -0.39 is 0 Å². The Morgan fingerprint density at radius 1 is 1.30 bits per heavy atom. The maximum atomic E-state index is 12.4. The summed E-state index contributed by atoms with van der Waals surface area (Å²) in [5.41, 5.74) is 0. The first kappa shape index (κ1) is 17.0. The van der Waals surface area contributed by atoms with Crippen molar-refractivity contribution in [2.24, 2.45) is 5.92 Å². The average Bonchev–Trinajstić information content (AvgIpc) is 2.39. The SMILES string of the molecule is CCCC1NC(=O)C(CC)N(CCOCC(C)C)C1=O. The second-order valence-corrected chi connectivity index (χ2v) is 5.77. The lowest BCUT2D eigenvalue weighted by atomic mass is 10.0. The normalized spacial score (nSPS) is 23.4. The van der Waals surface area contributed by atoms with Gasteiger partial charge in [-0.15, -0.1) is 0 Å². The van der Waals surface area contributed by atoms with E-state index in [4.69, 9.17) is 4.74 Å². The van der Waals surface area contributed by atoms with Crippen LogP contribution in [0.3, 0.4) is 0 Å². The molecule has 0 spiro atoms. The molecule has 1 heterocycles. The summed E-state index contributed by atoms with van der Waals surface area (Å²) in [7, 11) is 0. The number of nitrogens with zero attached hydrogens (tertiary/aromatic N) is 1. The molecular weight excluding hydrogens is 256 g/mol. The molecule has 20 heavy (non-hydrogen) atoms. The lowest BCUT2D eigenvalue weighted by Crippen LogP contribution is -2.63. The molecule has 0 aliphatic carbocycles. The summed E-state index contributed by atoms with van der Waals surface area (Å²) in [5.74, 6) is 0.478. The van der Waals surface area contributed by atoms with Gasteiger partial charge in [-0.25, -0.2) is 0 Å². The monoisotopic (exact) mass is 284 g/mol. The van der Waals surface area contributed by atoms with Gasteiger partial charge in [0.25, 0.3) is 0 Å². The molecule has 1 aliphatic heterocycles. The van der Waals surface area contributed by atoms with Gasteiger partial charge in [0.05, 0.1) is 6.61 Å². The number of nitrogens with one attached hydrogen (secondary N) is 1. The Morgan fingerprint density at radius 3 is 2.55 bits per heavy atom. The van der Waals surface area contributed by atoms with Gasteiger partial charge >= 0.3 is 0 Å². The fourth-order valence-electron chi connectivity index (χ4n) is 2.46. The van der Waals surface area contributed by atoms with Gasteiger partial charge in [0.15, 0.2) is 0 Å². The van der Waals surface area contributed by atoms with E-state index in [0.29, 0.717) is 38.5 Å². The van der Waals surface area contributed by atoms with Crippen LogP contribution in [0.15, 0.2) is 0 Å². The molecule has 2 atom stereocenters. The Hall–Kier alpha value is -1.10. The van der Waals surface area contributed by atoms with E-state index in [1.54, 1.807) is 4.90 Å². The Labute approximate surface area is 122 Å². The molecule has 1 N–H and O–H groups in total. The van der Waals surface area contributed by atoms with Gasteiger partial charge in [0, 0.05) is 13.2 Å². The topological polar surface area (TPSA) is 58.6 Å². The number of amides is 2. The summed E-state index contributed by atoms with van der Waals surface area (Å²) in [6.45, 7) is 9.80. The maximum Gasteiger partial charge on any atom is 0.245 e. The molecule has 0 aromatic heterocycles. The Bertz CT molecular complexity index is 331. The predicted molar refractivity (Wildman–Crippen MR) is 78.3 cm³/mol. The van der Waals surface area contributed by atoms with Crippen LogP contribution in [0.4, 0.5) is 0 Å². The van der Waals surface area contributed by atoms with Crippen molar-refractivity contribution in [2.45, 2.75) is 59.0 Å². The molecule has 0 aromatic rings. The van der Waals surface area contributed by atoms with Gasteiger partial charge in [-0.3, -0.25) is 9.59 Å². The zero-order chi connectivity index (χ0) is 15.1. The van der Waals surface area contributed by atoms with Crippen LogP contribution in [0.5, 0.6) is 0 Å². The van der Waals surface area contributed by atoms with E-state index >= 15 is 0 Å². The van der Waals surface area contributed by atoms with Gasteiger partial charge in [-0.05, 0) is 18.8 Å². The third-order valence-electron chi connectivity index (χ3n) is 3.47. The van der Waals surface area contributed by atoms with Crippen molar-refractivity contribution in [3.05, 3.63) is 0 Å². The largest absolute Gasteiger partial charge is 0.379 e. The molecule has 5 nitrogen and oxygen atoms in total. The third kappa shape index (κ3) is 4.47. The molecule has 1 aliphatic rings. The summed E-state index contributed by atoms with van der Waals surface area (Å²) < 4.78 is 5.54. The van der Waals surface area contributed by atoms with Crippen molar-refractivity contribution in [2.75, 3.05) is 19.8 Å². The maximum absolute atomic E-state index is 12.4. The molecule has 2 amide bonds. The fourth-order valence-corrected chi connectivity index (χ4v) is 2.46. The Balaban J connectivity index is 2.61. The average molecular weight is 284 g/mol. The van der Waals surface area contributed by atoms with Gasteiger partial charge in [0.2, 0.25) is 11.8 Å². The van der Waals surface area contributed by atoms with Gasteiger partial charge in [-0.1, -0.05) is 34.1 Å². The zero-order valence-corrected chi connectivity index (χ0v) is 13.1. The molecule has 0 saturated carbocycles. The lowest BCUT2D eigenvalue weighted by Gasteiger charge is -2.38. The lowest BCUT2D eigenvalue weighted by molar-refractivity contribution is -0.150. The van der Waals surface area contributed by atoms with Crippen LogP contribution >= 0.6 is 0 Å². The van der Waals surface area contributed by atoms with E-state index in [0.717, 1.165) is 6.42 Å². The molecule has 1 saturated heterocycles. The predicted octanol–water partition coefficient (Wildman–Crippen LogP) is 1.56. The van der Waals surface area contributed by atoms with Crippen molar-refractivity contribution in [3.8, 4) is 0 Å². The molecule has 0 bridgehead atoms. The van der Waals surface area contributed by atoms with E-state index in [-0.39, 0.29) is 23.9 Å². The highest BCUT2D eigenvalue weighted by atomic mass is 16.5. The van der Waals surface area contributed by atoms with Crippen LogP contribution in [0.1, 0.15) is 47.0 Å². The minimum Gasteiger partial charge on any atom is -0.379 e. The van der Waals surface area contributed by atoms with Crippen molar-refractivity contribution < 1.29 is 14.3 Å². The van der Waals surface area contributed by atoms with Crippen molar-refractivity contribution in [3.63, 3.8) is 0 Å². The minimum absolute atomic E-state index is 0.0330. The number of hydrogen-bond donors (Lipinski definition) is 1. The number of piperazine rings is 1. The number of rotatable bonds is 8. The first-order valence-electron chi connectivity index (χ1n) is 7.69. The molecule has 1 fully saturated rings.